The molecule has 4 heteroatoms. The van der Waals surface area contributed by atoms with Crippen LogP contribution in [-0.2, 0) is 0 Å². The van der Waals surface area contributed by atoms with Crippen LogP contribution in [0.5, 0.6) is 0 Å². The lowest BCUT2D eigenvalue weighted by atomic mass is 10.1. The standard InChI is InChI=1S/C15H18N2O2/c1-5-17(14-10(2)7-6-8-11(14)3)15(18)13-9-12(4)19-16-13/h6-9H,5H2,1-4H3. The van der Waals surface area contributed by atoms with E-state index in [4.69, 9.17) is 4.52 Å². The quantitative estimate of drug-likeness (QED) is 0.848. The first-order valence-electron chi connectivity index (χ1n) is 6.36. The van der Waals surface area contributed by atoms with Crippen molar-refractivity contribution in [1.82, 2.24) is 5.16 Å². The molecular weight excluding hydrogens is 240 g/mol. The van der Waals surface area contributed by atoms with Gasteiger partial charge < -0.3 is 9.42 Å². The monoisotopic (exact) mass is 258 g/mol. The van der Waals surface area contributed by atoms with Crippen LogP contribution < -0.4 is 4.90 Å². The van der Waals surface area contributed by atoms with Crippen molar-refractivity contribution in [2.24, 2.45) is 0 Å². The van der Waals surface area contributed by atoms with Crippen molar-refractivity contribution in [1.29, 1.82) is 0 Å². The highest BCUT2D eigenvalue weighted by Crippen LogP contribution is 2.25. The third-order valence-corrected chi connectivity index (χ3v) is 3.12. The molecule has 0 radical (unpaired) electrons. The number of hydrogen-bond acceptors (Lipinski definition) is 3. The van der Waals surface area contributed by atoms with Gasteiger partial charge in [0.05, 0.1) is 0 Å². The van der Waals surface area contributed by atoms with Gasteiger partial charge in [0.15, 0.2) is 5.69 Å². The molecule has 4 nitrogen and oxygen atoms in total. The lowest BCUT2D eigenvalue weighted by molar-refractivity contribution is 0.0979. The van der Waals surface area contributed by atoms with E-state index in [1.165, 1.54) is 0 Å². The summed E-state index contributed by atoms with van der Waals surface area (Å²) in [7, 11) is 0. The highest BCUT2D eigenvalue weighted by atomic mass is 16.5. The molecule has 0 saturated heterocycles. The molecule has 0 saturated carbocycles. The highest BCUT2D eigenvalue weighted by Gasteiger charge is 2.21. The number of anilines is 1. The third-order valence-electron chi connectivity index (χ3n) is 3.12. The Morgan fingerprint density at radius 1 is 1.26 bits per heavy atom. The molecule has 0 fully saturated rings. The molecule has 1 heterocycles. The van der Waals surface area contributed by atoms with E-state index in [2.05, 4.69) is 5.16 Å². The van der Waals surface area contributed by atoms with Crippen molar-refractivity contribution in [2.75, 3.05) is 11.4 Å². The molecule has 0 atom stereocenters. The van der Waals surface area contributed by atoms with Crippen LogP contribution in [0.1, 0.15) is 34.3 Å². The van der Waals surface area contributed by atoms with Gasteiger partial charge in [-0.05, 0) is 38.8 Å². The number of carbonyl (C=O) groups is 1. The number of hydrogen-bond donors (Lipinski definition) is 0. The van der Waals surface area contributed by atoms with E-state index in [-0.39, 0.29) is 5.91 Å². The molecule has 0 aliphatic rings. The molecule has 19 heavy (non-hydrogen) atoms. The first-order chi connectivity index (χ1) is 9.04. The van der Waals surface area contributed by atoms with Gasteiger partial charge in [0.2, 0.25) is 0 Å². The molecule has 1 amide bonds. The molecule has 0 bridgehead atoms. The van der Waals surface area contributed by atoms with Crippen molar-refractivity contribution >= 4 is 11.6 Å². The first-order valence-corrected chi connectivity index (χ1v) is 6.36. The Bertz CT molecular complexity index is 582. The number of aromatic nitrogens is 1. The summed E-state index contributed by atoms with van der Waals surface area (Å²) >= 11 is 0. The fourth-order valence-corrected chi connectivity index (χ4v) is 2.24. The molecule has 0 aliphatic heterocycles. The molecule has 0 spiro atoms. The van der Waals surface area contributed by atoms with Crippen LogP contribution >= 0.6 is 0 Å². The predicted octanol–water partition coefficient (Wildman–Crippen LogP) is 3.27. The number of benzene rings is 1. The minimum atomic E-state index is -0.128. The van der Waals surface area contributed by atoms with Crippen LogP contribution in [0.2, 0.25) is 0 Å². The maximum atomic E-state index is 12.5. The SMILES string of the molecule is CCN(C(=O)c1cc(C)on1)c1c(C)cccc1C. The average molecular weight is 258 g/mol. The maximum Gasteiger partial charge on any atom is 0.280 e. The van der Waals surface area contributed by atoms with Gasteiger partial charge in [0, 0.05) is 18.3 Å². The number of rotatable bonds is 3. The average Bonchev–Trinajstić information content (AvgIpc) is 2.80. The van der Waals surface area contributed by atoms with Gasteiger partial charge in [-0.3, -0.25) is 4.79 Å². The van der Waals surface area contributed by atoms with Gasteiger partial charge in [-0.2, -0.15) is 0 Å². The minimum absolute atomic E-state index is 0.128. The fourth-order valence-electron chi connectivity index (χ4n) is 2.24. The summed E-state index contributed by atoms with van der Waals surface area (Å²) in [6.07, 6.45) is 0. The van der Waals surface area contributed by atoms with Gasteiger partial charge in [-0.25, -0.2) is 0 Å². The van der Waals surface area contributed by atoms with Crippen LogP contribution in [0.3, 0.4) is 0 Å². The topological polar surface area (TPSA) is 46.3 Å². The van der Waals surface area contributed by atoms with Gasteiger partial charge in [0.25, 0.3) is 5.91 Å². The first kappa shape index (κ1) is 13.3. The Kier molecular flexibility index (Phi) is 3.69. The number of nitrogens with zero attached hydrogens (tertiary/aromatic N) is 2. The van der Waals surface area contributed by atoms with Crippen LogP contribution in [0.4, 0.5) is 5.69 Å². The van der Waals surface area contributed by atoms with Crippen molar-refractivity contribution in [3.05, 3.63) is 46.8 Å². The van der Waals surface area contributed by atoms with E-state index < -0.39 is 0 Å². The summed E-state index contributed by atoms with van der Waals surface area (Å²) < 4.78 is 4.98. The van der Waals surface area contributed by atoms with Crippen LogP contribution in [0, 0.1) is 20.8 Å². The van der Waals surface area contributed by atoms with Crippen LogP contribution in [0.25, 0.3) is 0 Å². The summed E-state index contributed by atoms with van der Waals surface area (Å²) in [4.78, 5) is 14.2. The normalized spacial score (nSPS) is 10.5. The van der Waals surface area contributed by atoms with E-state index >= 15 is 0 Å². The Hall–Kier alpha value is -2.10. The zero-order chi connectivity index (χ0) is 14.0. The van der Waals surface area contributed by atoms with Crippen molar-refractivity contribution < 1.29 is 9.32 Å². The van der Waals surface area contributed by atoms with E-state index in [9.17, 15) is 4.79 Å². The Labute approximate surface area is 113 Å². The number of carbonyl (C=O) groups excluding carboxylic acids is 1. The Morgan fingerprint density at radius 2 is 1.89 bits per heavy atom. The molecule has 0 aliphatic carbocycles. The van der Waals surface area contributed by atoms with Gasteiger partial charge >= 0.3 is 0 Å². The maximum absolute atomic E-state index is 12.5. The highest BCUT2D eigenvalue weighted by molar-refractivity contribution is 6.05. The summed E-state index contributed by atoms with van der Waals surface area (Å²) in [5, 5.41) is 3.80. The van der Waals surface area contributed by atoms with Gasteiger partial charge in [-0.15, -0.1) is 0 Å². The minimum Gasteiger partial charge on any atom is -0.361 e. The van der Waals surface area contributed by atoms with E-state index in [0.717, 1.165) is 16.8 Å². The number of para-hydroxylation sites is 1. The molecule has 1 aromatic heterocycles. The van der Waals surface area contributed by atoms with Crippen molar-refractivity contribution in [3.8, 4) is 0 Å². The largest absolute Gasteiger partial charge is 0.361 e. The zero-order valence-corrected chi connectivity index (χ0v) is 11.7. The Balaban J connectivity index is 2.43. The summed E-state index contributed by atoms with van der Waals surface area (Å²) in [6.45, 7) is 8.34. The fraction of sp³-hybridized carbons (Fsp3) is 0.333. The predicted molar refractivity (Wildman–Crippen MR) is 74.5 cm³/mol. The second kappa shape index (κ2) is 5.26. The molecule has 2 aromatic rings. The number of aryl methyl sites for hydroxylation is 3. The summed E-state index contributed by atoms with van der Waals surface area (Å²) in [5.74, 6) is 0.512. The van der Waals surface area contributed by atoms with Crippen LogP contribution in [-0.4, -0.2) is 17.6 Å². The summed E-state index contributed by atoms with van der Waals surface area (Å²) in [6, 6.07) is 7.67. The van der Waals surface area contributed by atoms with Crippen LogP contribution in [0.15, 0.2) is 28.8 Å². The molecule has 2 rings (SSSR count). The molecule has 0 unspecified atom stereocenters. The lowest BCUT2D eigenvalue weighted by Gasteiger charge is -2.23. The van der Waals surface area contributed by atoms with E-state index in [1.807, 2.05) is 39.0 Å². The van der Waals surface area contributed by atoms with Crippen molar-refractivity contribution in [2.45, 2.75) is 27.7 Å². The molecule has 1 aromatic carbocycles. The number of amides is 1. The Morgan fingerprint density at radius 3 is 2.37 bits per heavy atom. The zero-order valence-electron chi connectivity index (χ0n) is 11.7. The molecular formula is C15H18N2O2. The van der Waals surface area contributed by atoms with Gasteiger partial charge in [-0.1, -0.05) is 23.4 Å². The second-order valence-corrected chi connectivity index (χ2v) is 4.61. The smallest absolute Gasteiger partial charge is 0.280 e. The third kappa shape index (κ3) is 2.52. The lowest BCUT2D eigenvalue weighted by Crippen LogP contribution is -2.32. The van der Waals surface area contributed by atoms with Crippen molar-refractivity contribution in [3.63, 3.8) is 0 Å². The molecule has 0 N–H and O–H groups in total. The summed E-state index contributed by atoms with van der Waals surface area (Å²) in [5.41, 5.74) is 3.46. The second-order valence-electron chi connectivity index (χ2n) is 4.61. The van der Waals surface area contributed by atoms with Gasteiger partial charge in [0.1, 0.15) is 5.76 Å². The van der Waals surface area contributed by atoms with E-state index in [1.54, 1.807) is 17.9 Å². The van der Waals surface area contributed by atoms with E-state index in [0.29, 0.717) is 18.0 Å². The molecule has 100 valence electrons.